The van der Waals surface area contributed by atoms with E-state index in [2.05, 4.69) is 22.7 Å². The molecule has 4 rings (SSSR count). The second-order valence-corrected chi connectivity index (χ2v) is 9.32. The van der Waals surface area contributed by atoms with Gasteiger partial charge < -0.3 is 9.80 Å². The van der Waals surface area contributed by atoms with E-state index in [1.165, 1.54) is 28.2 Å². The minimum atomic E-state index is -0.279. The van der Waals surface area contributed by atoms with Crippen LogP contribution in [0.2, 0.25) is 5.02 Å². The number of hydrogen-bond acceptors (Lipinski definition) is 4. The van der Waals surface area contributed by atoms with Crippen LogP contribution in [0.1, 0.15) is 33.5 Å². The molecule has 0 saturated carbocycles. The fourth-order valence-corrected chi connectivity index (χ4v) is 5.20. The van der Waals surface area contributed by atoms with Gasteiger partial charge in [0.25, 0.3) is 5.91 Å². The maximum atomic E-state index is 12.4. The third-order valence-electron chi connectivity index (χ3n) is 5.58. The van der Waals surface area contributed by atoms with Crippen molar-refractivity contribution in [3.05, 3.63) is 50.7 Å². The Balaban J connectivity index is 1.27. The van der Waals surface area contributed by atoms with Crippen LogP contribution in [0.5, 0.6) is 0 Å². The normalized spacial score (nSPS) is 18.9. The van der Waals surface area contributed by atoms with Crippen molar-refractivity contribution in [3.8, 4) is 0 Å². The maximum absolute atomic E-state index is 12.4. The number of amides is 3. The third-order valence-corrected chi connectivity index (χ3v) is 7.05. The molecule has 154 valence electrons. The number of fused-ring (bicyclic) bond motifs is 1. The van der Waals surface area contributed by atoms with Crippen molar-refractivity contribution in [2.24, 2.45) is 5.92 Å². The summed E-state index contributed by atoms with van der Waals surface area (Å²) in [7, 11) is 0. The molecule has 2 aromatic rings. The van der Waals surface area contributed by atoms with Crippen LogP contribution in [0, 0.1) is 5.92 Å². The molecule has 1 aromatic heterocycles. The molecule has 2 heterocycles. The van der Waals surface area contributed by atoms with Crippen LogP contribution in [0.15, 0.2) is 30.3 Å². The minimum Gasteiger partial charge on any atom is -0.368 e. The first-order valence-corrected chi connectivity index (χ1v) is 11.2. The van der Waals surface area contributed by atoms with Crippen LogP contribution < -0.4 is 15.8 Å². The average molecular weight is 433 g/mol. The quantitative estimate of drug-likeness (QED) is 0.711. The summed E-state index contributed by atoms with van der Waals surface area (Å²) in [6.07, 6.45) is 3.24. The minimum absolute atomic E-state index is 0.247. The van der Waals surface area contributed by atoms with Gasteiger partial charge in [0.2, 0.25) is 0 Å². The Bertz CT molecular complexity index is 908. The molecule has 8 heteroatoms. The average Bonchev–Trinajstić information content (AvgIpc) is 3.15. The Morgan fingerprint density at radius 3 is 2.69 bits per heavy atom. The lowest BCUT2D eigenvalue weighted by Crippen LogP contribution is -2.55. The predicted octanol–water partition coefficient (Wildman–Crippen LogP) is 3.70. The largest absolute Gasteiger partial charge is 0.368 e. The molecule has 6 nitrogen and oxygen atoms in total. The van der Waals surface area contributed by atoms with E-state index in [1.54, 1.807) is 4.90 Å². The monoisotopic (exact) mass is 432 g/mol. The first-order valence-electron chi connectivity index (χ1n) is 9.97. The zero-order valence-corrected chi connectivity index (χ0v) is 18.0. The molecule has 1 aliphatic carbocycles. The van der Waals surface area contributed by atoms with Gasteiger partial charge in [-0.3, -0.25) is 10.2 Å². The highest BCUT2D eigenvalue weighted by molar-refractivity contribution is 7.14. The molecule has 0 radical (unpaired) electrons. The summed E-state index contributed by atoms with van der Waals surface area (Å²) in [6, 6.07) is 9.42. The van der Waals surface area contributed by atoms with Crippen LogP contribution >= 0.6 is 22.9 Å². The van der Waals surface area contributed by atoms with Gasteiger partial charge in [-0.1, -0.05) is 24.6 Å². The molecule has 1 atom stereocenters. The van der Waals surface area contributed by atoms with E-state index >= 15 is 0 Å². The number of rotatable bonds is 2. The zero-order chi connectivity index (χ0) is 20.4. The van der Waals surface area contributed by atoms with Crippen LogP contribution in [0.4, 0.5) is 10.5 Å². The Hall–Kier alpha value is -2.25. The Morgan fingerprint density at radius 2 is 1.93 bits per heavy atom. The van der Waals surface area contributed by atoms with Gasteiger partial charge in [-0.2, -0.15) is 0 Å². The van der Waals surface area contributed by atoms with Gasteiger partial charge in [0, 0.05) is 41.8 Å². The molecule has 29 heavy (non-hydrogen) atoms. The van der Waals surface area contributed by atoms with Crippen molar-refractivity contribution >= 4 is 40.6 Å². The Labute approximate surface area is 179 Å². The van der Waals surface area contributed by atoms with Gasteiger partial charge in [0.1, 0.15) is 0 Å². The van der Waals surface area contributed by atoms with E-state index in [1.807, 2.05) is 30.3 Å². The van der Waals surface area contributed by atoms with Crippen molar-refractivity contribution in [2.45, 2.75) is 26.2 Å². The number of nitrogens with zero attached hydrogens (tertiary/aromatic N) is 2. The molecule has 1 aromatic carbocycles. The number of piperazine rings is 1. The van der Waals surface area contributed by atoms with Crippen LogP contribution in [0.25, 0.3) is 0 Å². The van der Waals surface area contributed by atoms with E-state index in [4.69, 9.17) is 11.6 Å². The predicted molar refractivity (Wildman–Crippen MR) is 117 cm³/mol. The molecule has 3 amide bonds. The number of halogens is 1. The van der Waals surface area contributed by atoms with Crippen molar-refractivity contribution in [1.29, 1.82) is 0 Å². The van der Waals surface area contributed by atoms with E-state index in [9.17, 15) is 9.59 Å². The molecule has 2 aliphatic rings. The number of carbonyl (C=O) groups is 2. The number of aryl methyl sites for hydroxylation is 1. The number of urea groups is 1. The lowest BCUT2D eigenvalue weighted by atomic mass is 9.90. The van der Waals surface area contributed by atoms with Crippen molar-refractivity contribution < 1.29 is 9.59 Å². The number of benzene rings is 1. The fourth-order valence-electron chi connectivity index (χ4n) is 3.91. The van der Waals surface area contributed by atoms with E-state index in [-0.39, 0.29) is 11.9 Å². The summed E-state index contributed by atoms with van der Waals surface area (Å²) in [5, 5.41) is 0.704. The summed E-state index contributed by atoms with van der Waals surface area (Å²) in [5.74, 6) is 0.418. The molecule has 1 saturated heterocycles. The molecule has 0 spiro atoms. The summed E-state index contributed by atoms with van der Waals surface area (Å²) >= 11 is 7.60. The summed E-state index contributed by atoms with van der Waals surface area (Å²) in [6.45, 7) is 4.85. The number of anilines is 1. The molecular weight excluding hydrogens is 408 g/mol. The van der Waals surface area contributed by atoms with Gasteiger partial charge in [-0.15, -0.1) is 11.3 Å². The van der Waals surface area contributed by atoms with Crippen molar-refractivity contribution in [1.82, 2.24) is 15.8 Å². The molecule has 1 aliphatic heterocycles. The van der Waals surface area contributed by atoms with Crippen LogP contribution in [-0.4, -0.2) is 43.0 Å². The van der Waals surface area contributed by atoms with Gasteiger partial charge in [0.05, 0.1) is 4.88 Å². The first kappa shape index (κ1) is 20.0. The number of carbonyl (C=O) groups excluding carboxylic acids is 2. The highest BCUT2D eigenvalue weighted by atomic mass is 35.5. The van der Waals surface area contributed by atoms with Gasteiger partial charge in [0.15, 0.2) is 0 Å². The van der Waals surface area contributed by atoms with Crippen LogP contribution in [-0.2, 0) is 12.8 Å². The molecule has 1 unspecified atom stereocenters. The SMILES string of the molecule is CC1CCc2sc(C(=O)NNC(=O)N3CCN(c4cccc(Cl)c4)CC3)cc2C1. The van der Waals surface area contributed by atoms with Gasteiger partial charge in [-0.25, -0.2) is 10.2 Å². The van der Waals surface area contributed by atoms with Crippen LogP contribution in [0.3, 0.4) is 0 Å². The van der Waals surface area contributed by atoms with Gasteiger partial charge in [-0.05, 0) is 55.0 Å². The van der Waals surface area contributed by atoms with Gasteiger partial charge >= 0.3 is 6.03 Å². The number of thiophene rings is 1. The standard InChI is InChI=1S/C21H25ClN4O2S/c1-14-5-6-18-15(11-14)12-19(29-18)20(27)23-24-21(28)26-9-7-25(8-10-26)17-4-2-3-16(22)13-17/h2-4,12-14H,5-11H2,1H3,(H,23,27)(H,24,28). The summed E-state index contributed by atoms with van der Waals surface area (Å²) in [4.78, 5) is 30.8. The first-order chi connectivity index (χ1) is 14.0. The Morgan fingerprint density at radius 1 is 1.14 bits per heavy atom. The molecule has 2 N–H and O–H groups in total. The second kappa shape index (κ2) is 8.63. The molecule has 1 fully saturated rings. The molecular formula is C21H25ClN4O2S. The zero-order valence-electron chi connectivity index (χ0n) is 16.4. The fraction of sp³-hybridized carbons (Fsp3) is 0.429. The smallest absolute Gasteiger partial charge is 0.336 e. The highest BCUT2D eigenvalue weighted by Gasteiger charge is 2.23. The summed E-state index contributed by atoms with van der Waals surface area (Å²) < 4.78 is 0. The number of hydrogen-bond donors (Lipinski definition) is 2. The maximum Gasteiger partial charge on any atom is 0.336 e. The third kappa shape index (κ3) is 4.67. The molecule has 0 bridgehead atoms. The van der Waals surface area contributed by atoms with E-state index in [0.717, 1.165) is 31.6 Å². The lowest BCUT2D eigenvalue weighted by molar-refractivity contribution is 0.0933. The van der Waals surface area contributed by atoms with E-state index < -0.39 is 0 Å². The second-order valence-electron chi connectivity index (χ2n) is 7.75. The summed E-state index contributed by atoms with van der Waals surface area (Å²) in [5.41, 5.74) is 7.46. The van der Waals surface area contributed by atoms with Crippen molar-refractivity contribution in [3.63, 3.8) is 0 Å². The topological polar surface area (TPSA) is 64.7 Å². The number of hydrazine groups is 1. The van der Waals surface area contributed by atoms with E-state index in [0.29, 0.717) is 28.9 Å². The number of nitrogens with one attached hydrogen (secondary N) is 2. The van der Waals surface area contributed by atoms with Crippen molar-refractivity contribution in [2.75, 3.05) is 31.1 Å². The highest BCUT2D eigenvalue weighted by Crippen LogP contribution is 2.32. The lowest BCUT2D eigenvalue weighted by Gasteiger charge is -2.36. The Kier molecular flexibility index (Phi) is 5.96.